The molecule has 0 aromatic heterocycles. The molecule has 2 aliphatic heterocycles. The van der Waals surface area contributed by atoms with Gasteiger partial charge in [-0.3, -0.25) is 9.69 Å². The topological polar surface area (TPSA) is 54.0 Å². The van der Waals surface area contributed by atoms with Crippen LogP contribution in [-0.4, -0.2) is 63.3 Å². The molecule has 1 fully saturated rings. The van der Waals surface area contributed by atoms with Crippen LogP contribution in [0.3, 0.4) is 0 Å². The number of nitrogens with zero attached hydrogens (tertiary/aromatic N) is 2. The molecule has 6 nitrogen and oxygen atoms in total. The first-order valence-corrected chi connectivity index (χ1v) is 12.4. The number of carbonyl (C=O) groups is 1. The lowest BCUT2D eigenvalue weighted by Gasteiger charge is -2.44. The zero-order valence-corrected chi connectivity index (χ0v) is 20.2. The summed E-state index contributed by atoms with van der Waals surface area (Å²) in [6, 6.07) is 26.3. The van der Waals surface area contributed by atoms with E-state index in [1.807, 2.05) is 42.5 Å². The highest BCUT2D eigenvalue weighted by Crippen LogP contribution is 2.33. The number of rotatable bonds is 7. The van der Waals surface area contributed by atoms with Gasteiger partial charge in [-0.05, 0) is 53.9 Å². The van der Waals surface area contributed by atoms with Crippen molar-refractivity contribution in [1.82, 2.24) is 10.2 Å². The summed E-state index contributed by atoms with van der Waals surface area (Å²) in [7, 11) is 1.69. The van der Waals surface area contributed by atoms with Crippen LogP contribution in [0.5, 0.6) is 5.75 Å². The monoisotopic (exact) mass is 471 g/mol. The van der Waals surface area contributed by atoms with E-state index in [0.717, 1.165) is 38.3 Å². The molecule has 2 unspecified atom stereocenters. The van der Waals surface area contributed by atoms with E-state index in [1.165, 1.54) is 16.8 Å². The van der Waals surface area contributed by atoms with Crippen LogP contribution >= 0.6 is 0 Å². The number of hydrogen-bond donors (Lipinski definition) is 1. The van der Waals surface area contributed by atoms with E-state index in [2.05, 4.69) is 51.5 Å². The quantitative estimate of drug-likeness (QED) is 0.566. The van der Waals surface area contributed by atoms with Crippen molar-refractivity contribution in [3.05, 3.63) is 95.6 Å². The summed E-state index contributed by atoms with van der Waals surface area (Å²) in [5, 5.41) is 3.19. The molecule has 1 amide bonds. The van der Waals surface area contributed by atoms with Gasteiger partial charge in [-0.1, -0.05) is 42.5 Å². The fourth-order valence-corrected chi connectivity index (χ4v) is 5.16. The molecule has 0 aliphatic carbocycles. The van der Waals surface area contributed by atoms with Gasteiger partial charge in [0.25, 0.3) is 5.91 Å². The van der Waals surface area contributed by atoms with Crippen molar-refractivity contribution < 1.29 is 14.3 Å². The Kier molecular flexibility index (Phi) is 7.31. The molecule has 2 heterocycles. The smallest absolute Gasteiger partial charge is 0.251 e. The molecule has 0 saturated carbocycles. The van der Waals surface area contributed by atoms with Crippen molar-refractivity contribution in [1.29, 1.82) is 0 Å². The van der Waals surface area contributed by atoms with Gasteiger partial charge in [0.15, 0.2) is 0 Å². The minimum absolute atomic E-state index is 0.0448. The average Bonchev–Trinajstić information content (AvgIpc) is 2.94. The van der Waals surface area contributed by atoms with Crippen LogP contribution in [0.1, 0.15) is 27.6 Å². The average molecular weight is 472 g/mol. The van der Waals surface area contributed by atoms with E-state index in [1.54, 1.807) is 7.11 Å². The number of anilines is 1. The fourth-order valence-electron chi connectivity index (χ4n) is 5.16. The molecule has 3 aromatic rings. The summed E-state index contributed by atoms with van der Waals surface area (Å²) < 4.78 is 11.7. The zero-order valence-electron chi connectivity index (χ0n) is 20.2. The van der Waals surface area contributed by atoms with Crippen LogP contribution in [-0.2, 0) is 11.2 Å². The second kappa shape index (κ2) is 10.9. The predicted octanol–water partition coefficient (Wildman–Crippen LogP) is 3.93. The van der Waals surface area contributed by atoms with Crippen molar-refractivity contribution in [2.75, 3.05) is 51.3 Å². The van der Waals surface area contributed by atoms with Crippen LogP contribution in [0.25, 0.3) is 0 Å². The Morgan fingerprint density at radius 1 is 0.971 bits per heavy atom. The largest absolute Gasteiger partial charge is 0.497 e. The van der Waals surface area contributed by atoms with Crippen molar-refractivity contribution in [3.8, 4) is 5.75 Å². The van der Waals surface area contributed by atoms with E-state index >= 15 is 0 Å². The summed E-state index contributed by atoms with van der Waals surface area (Å²) in [5.74, 6) is 0.825. The van der Waals surface area contributed by atoms with Gasteiger partial charge >= 0.3 is 0 Å². The number of hydrogen-bond acceptors (Lipinski definition) is 5. The number of fused-ring (bicyclic) bond motifs is 1. The van der Waals surface area contributed by atoms with Gasteiger partial charge in [0, 0.05) is 44.0 Å². The maximum Gasteiger partial charge on any atom is 0.251 e. The molecule has 2 atom stereocenters. The number of piperazine rings is 1. The standard InChI is InChI=1S/C29H33N3O3/c1-34-25-13-11-24(12-14-25)31-16-18-32(19-17-31)27(21-30-29(33)23-8-3-2-4-9-23)28-26-10-6-5-7-22(26)15-20-35-28/h2-14,27-28H,15-21H2,1H3,(H,30,33). The minimum atomic E-state index is -0.0661. The first-order valence-electron chi connectivity index (χ1n) is 12.4. The van der Waals surface area contributed by atoms with E-state index < -0.39 is 0 Å². The van der Waals surface area contributed by atoms with Crippen molar-refractivity contribution in [3.63, 3.8) is 0 Å². The van der Waals surface area contributed by atoms with Gasteiger partial charge in [-0.25, -0.2) is 0 Å². The molecular weight excluding hydrogens is 438 g/mol. The second-order valence-corrected chi connectivity index (χ2v) is 9.10. The summed E-state index contributed by atoms with van der Waals surface area (Å²) in [4.78, 5) is 17.8. The molecular formula is C29H33N3O3. The van der Waals surface area contributed by atoms with Crippen LogP contribution in [0.2, 0.25) is 0 Å². The van der Waals surface area contributed by atoms with Crippen LogP contribution in [0.4, 0.5) is 5.69 Å². The number of amides is 1. The Labute approximate surface area is 207 Å². The van der Waals surface area contributed by atoms with Crippen molar-refractivity contribution in [2.45, 2.75) is 18.6 Å². The Morgan fingerprint density at radius 2 is 1.69 bits per heavy atom. The number of benzene rings is 3. The molecule has 0 bridgehead atoms. The highest BCUT2D eigenvalue weighted by molar-refractivity contribution is 5.94. The van der Waals surface area contributed by atoms with Gasteiger partial charge < -0.3 is 19.7 Å². The van der Waals surface area contributed by atoms with Crippen molar-refractivity contribution >= 4 is 11.6 Å². The normalized spacial score (nSPS) is 19.0. The number of methoxy groups -OCH3 is 1. The maximum absolute atomic E-state index is 12.9. The summed E-state index contributed by atoms with van der Waals surface area (Å²) in [6.45, 7) is 4.89. The Hall–Kier alpha value is -3.35. The van der Waals surface area contributed by atoms with Gasteiger partial charge in [-0.2, -0.15) is 0 Å². The Morgan fingerprint density at radius 3 is 2.43 bits per heavy atom. The third-order valence-electron chi connectivity index (χ3n) is 7.11. The third-order valence-corrected chi connectivity index (χ3v) is 7.11. The Balaban J connectivity index is 1.32. The maximum atomic E-state index is 12.9. The molecule has 0 radical (unpaired) electrons. The highest BCUT2D eigenvalue weighted by atomic mass is 16.5. The molecule has 1 N–H and O–H groups in total. The fraction of sp³-hybridized carbons (Fsp3) is 0.345. The van der Waals surface area contributed by atoms with Gasteiger partial charge in [0.1, 0.15) is 5.75 Å². The van der Waals surface area contributed by atoms with Crippen LogP contribution in [0.15, 0.2) is 78.9 Å². The Bertz CT molecular complexity index is 1110. The molecule has 1 saturated heterocycles. The van der Waals surface area contributed by atoms with Crippen LogP contribution < -0.4 is 15.0 Å². The summed E-state index contributed by atoms with van der Waals surface area (Å²) >= 11 is 0. The van der Waals surface area contributed by atoms with E-state index in [4.69, 9.17) is 9.47 Å². The number of nitrogens with one attached hydrogen (secondary N) is 1. The van der Waals surface area contributed by atoms with Gasteiger partial charge in [0.2, 0.25) is 0 Å². The lowest BCUT2D eigenvalue weighted by molar-refractivity contribution is -0.0253. The SMILES string of the molecule is COc1ccc(N2CCN(C(CNC(=O)c3ccccc3)C3OCCc4ccccc43)CC2)cc1. The molecule has 2 aliphatic rings. The van der Waals surface area contributed by atoms with Gasteiger partial charge in [0.05, 0.1) is 25.9 Å². The molecule has 182 valence electrons. The number of ether oxygens (including phenoxy) is 2. The summed E-state index contributed by atoms with van der Waals surface area (Å²) in [6.07, 6.45) is 0.865. The third kappa shape index (κ3) is 5.34. The molecule has 35 heavy (non-hydrogen) atoms. The number of carbonyl (C=O) groups excluding carboxylic acids is 1. The summed E-state index contributed by atoms with van der Waals surface area (Å²) in [5.41, 5.74) is 4.48. The predicted molar refractivity (Wildman–Crippen MR) is 138 cm³/mol. The molecule has 6 heteroatoms. The molecule has 5 rings (SSSR count). The van der Waals surface area contributed by atoms with Gasteiger partial charge in [-0.15, -0.1) is 0 Å². The first-order chi connectivity index (χ1) is 17.2. The lowest BCUT2D eigenvalue weighted by atomic mass is 9.92. The molecule has 3 aromatic carbocycles. The zero-order chi connectivity index (χ0) is 24.0. The second-order valence-electron chi connectivity index (χ2n) is 9.10. The van der Waals surface area contributed by atoms with Crippen LogP contribution in [0, 0.1) is 0 Å². The van der Waals surface area contributed by atoms with E-state index in [-0.39, 0.29) is 18.1 Å². The molecule has 0 spiro atoms. The van der Waals surface area contributed by atoms with E-state index in [0.29, 0.717) is 18.7 Å². The minimum Gasteiger partial charge on any atom is -0.497 e. The first kappa shape index (κ1) is 23.4. The lowest BCUT2D eigenvalue weighted by Crippen LogP contribution is -2.56. The van der Waals surface area contributed by atoms with Crippen molar-refractivity contribution in [2.24, 2.45) is 0 Å². The highest BCUT2D eigenvalue weighted by Gasteiger charge is 2.35. The van der Waals surface area contributed by atoms with E-state index in [9.17, 15) is 4.79 Å².